The van der Waals surface area contributed by atoms with Gasteiger partial charge in [0.1, 0.15) is 5.82 Å². The molecule has 6 nitrogen and oxygen atoms in total. The average molecular weight is 391 g/mol. The predicted molar refractivity (Wildman–Crippen MR) is 102 cm³/mol. The highest BCUT2D eigenvalue weighted by molar-refractivity contribution is 7.93. The first-order valence-corrected chi connectivity index (χ1v) is 10.2. The Morgan fingerprint density at radius 3 is 2.63 bits per heavy atom. The molecule has 1 aliphatic rings. The van der Waals surface area contributed by atoms with Gasteiger partial charge in [-0.25, -0.2) is 12.8 Å². The van der Waals surface area contributed by atoms with E-state index in [1.54, 1.807) is 6.07 Å². The summed E-state index contributed by atoms with van der Waals surface area (Å²) < 4.78 is 41.0. The lowest BCUT2D eigenvalue weighted by atomic mass is 10.1. The number of amides is 1. The highest BCUT2D eigenvalue weighted by atomic mass is 32.2. The van der Waals surface area contributed by atoms with Gasteiger partial charge in [-0.05, 0) is 36.6 Å². The van der Waals surface area contributed by atoms with Gasteiger partial charge in [-0.15, -0.1) is 0 Å². The van der Waals surface area contributed by atoms with Crippen molar-refractivity contribution in [2.75, 3.05) is 11.3 Å². The van der Waals surface area contributed by atoms with Gasteiger partial charge in [-0.2, -0.15) is 0 Å². The summed E-state index contributed by atoms with van der Waals surface area (Å²) in [6.07, 6.45) is 0.128. The number of benzene rings is 2. The fourth-order valence-corrected chi connectivity index (χ4v) is 4.43. The smallest absolute Gasteiger partial charge is 0.237 e. The highest BCUT2D eigenvalue weighted by Crippen LogP contribution is 2.21. The Balaban J connectivity index is 1.58. The van der Waals surface area contributed by atoms with Crippen molar-refractivity contribution in [3.63, 3.8) is 0 Å². The minimum absolute atomic E-state index is 0.0926. The number of para-hydroxylation sites is 1. The zero-order valence-corrected chi connectivity index (χ0v) is 15.7. The second-order valence-corrected chi connectivity index (χ2v) is 8.55. The lowest BCUT2D eigenvalue weighted by molar-refractivity contribution is -0.122. The van der Waals surface area contributed by atoms with Crippen LogP contribution >= 0.6 is 0 Å². The van der Waals surface area contributed by atoms with Crippen LogP contribution < -0.4 is 15.4 Å². The fourth-order valence-electron chi connectivity index (χ4n) is 3.03. The van der Waals surface area contributed by atoms with E-state index in [-0.39, 0.29) is 24.6 Å². The van der Waals surface area contributed by atoms with Crippen molar-refractivity contribution in [2.24, 2.45) is 0 Å². The number of hydrogen-bond donors (Lipinski definition) is 3. The van der Waals surface area contributed by atoms with Gasteiger partial charge in [-0.3, -0.25) is 9.52 Å². The summed E-state index contributed by atoms with van der Waals surface area (Å²) in [5, 5.41) is 4.96. The molecule has 2 aromatic rings. The van der Waals surface area contributed by atoms with E-state index in [2.05, 4.69) is 15.4 Å². The number of hydrogen-bond acceptors (Lipinski definition) is 4. The van der Waals surface area contributed by atoms with Gasteiger partial charge in [0.15, 0.2) is 0 Å². The molecule has 0 bridgehead atoms. The van der Waals surface area contributed by atoms with Gasteiger partial charge in [-0.1, -0.05) is 36.4 Å². The number of sulfonamides is 1. The Labute approximate surface area is 158 Å². The molecule has 0 spiro atoms. The third kappa shape index (κ3) is 4.64. The Hall–Kier alpha value is -2.45. The molecule has 2 aromatic carbocycles. The number of carbonyl (C=O) groups is 1. The molecule has 0 aliphatic carbocycles. The van der Waals surface area contributed by atoms with Gasteiger partial charge in [0, 0.05) is 13.1 Å². The summed E-state index contributed by atoms with van der Waals surface area (Å²) in [4.78, 5) is 12.4. The van der Waals surface area contributed by atoms with E-state index in [0.717, 1.165) is 11.1 Å². The second kappa shape index (κ2) is 8.06. The molecule has 8 heteroatoms. The van der Waals surface area contributed by atoms with Crippen LogP contribution in [0.4, 0.5) is 10.1 Å². The third-order valence-electron chi connectivity index (χ3n) is 4.69. The molecule has 3 rings (SSSR count). The highest BCUT2D eigenvalue weighted by Gasteiger charge is 2.37. The first-order valence-electron chi connectivity index (χ1n) is 8.68. The summed E-state index contributed by atoms with van der Waals surface area (Å²) in [5.74, 6) is -0.888. The zero-order valence-electron chi connectivity index (χ0n) is 14.9. The zero-order chi connectivity index (χ0) is 19.4. The molecule has 1 aliphatic heterocycles. The Bertz CT molecular complexity index is 933. The van der Waals surface area contributed by atoms with E-state index in [4.69, 9.17) is 0 Å². The van der Waals surface area contributed by atoms with E-state index >= 15 is 0 Å². The van der Waals surface area contributed by atoms with E-state index in [1.807, 2.05) is 31.2 Å². The van der Waals surface area contributed by atoms with Crippen LogP contribution in [-0.4, -0.2) is 32.2 Å². The number of halogens is 1. The molecule has 1 saturated heterocycles. The Morgan fingerprint density at radius 2 is 1.89 bits per heavy atom. The predicted octanol–water partition coefficient (Wildman–Crippen LogP) is 1.92. The molecule has 144 valence electrons. The number of nitrogens with one attached hydrogen (secondary N) is 3. The molecule has 1 heterocycles. The van der Waals surface area contributed by atoms with Crippen molar-refractivity contribution in [1.82, 2.24) is 10.6 Å². The second-order valence-electron chi connectivity index (χ2n) is 6.59. The van der Waals surface area contributed by atoms with Crippen LogP contribution in [0.5, 0.6) is 0 Å². The maximum atomic E-state index is 13.7. The average Bonchev–Trinajstić information content (AvgIpc) is 3.14. The number of aryl methyl sites for hydroxylation is 1. The minimum atomic E-state index is -3.81. The van der Waals surface area contributed by atoms with Crippen molar-refractivity contribution in [1.29, 1.82) is 0 Å². The first kappa shape index (κ1) is 19.3. The first-order chi connectivity index (χ1) is 12.9. The van der Waals surface area contributed by atoms with Crippen molar-refractivity contribution in [2.45, 2.75) is 31.2 Å². The van der Waals surface area contributed by atoms with Gasteiger partial charge in [0.05, 0.1) is 17.0 Å². The lowest BCUT2D eigenvalue weighted by Crippen LogP contribution is -2.40. The Morgan fingerprint density at radius 1 is 1.19 bits per heavy atom. The van der Waals surface area contributed by atoms with Crippen molar-refractivity contribution in [3.05, 3.63) is 65.5 Å². The van der Waals surface area contributed by atoms with Gasteiger partial charge >= 0.3 is 0 Å². The van der Waals surface area contributed by atoms with E-state index in [0.29, 0.717) is 6.54 Å². The van der Waals surface area contributed by atoms with Crippen LogP contribution in [0.2, 0.25) is 0 Å². The molecule has 1 fully saturated rings. The largest absolute Gasteiger partial charge is 0.351 e. The molecule has 1 amide bonds. The topological polar surface area (TPSA) is 87.3 Å². The Kier molecular flexibility index (Phi) is 5.76. The van der Waals surface area contributed by atoms with Crippen LogP contribution in [-0.2, 0) is 21.4 Å². The number of rotatable bonds is 6. The van der Waals surface area contributed by atoms with E-state index in [9.17, 15) is 17.6 Å². The summed E-state index contributed by atoms with van der Waals surface area (Å²) in [6, 6.07) is 12.7. The van der Waals surface area contributed by atoms with Crippen molar-refractivity contribution >= 4 is 21.6 Å². The summed E-state index contributed by atoms with van der Waals surface area (Å²) in [7, 11) is -3.81. The van der Waals surface area contributed by atoms with E-state index < -0.39 is 27.1 Å². The molecular formula is C19H22FN3O3S. The summed E-state index contributed by atoms with van der Waals surface area (Å²) in [6.45, 7) is 2.48. The molecule has 0 aromatic heterocycles. The number of anilines is 1. The lowest BCUT2D eigenvalue weighted by Gasteiger charge is -2.14. The van der Waals surface area contributed by atoms with Crippen molar-refractivity contribution < 1.29 is 17.6 Å². The van der Waals surface area contributed by atoms with Gasteiger partial charge < -0.3 is 10.6 Å². The molecule has 0 radical (unpaired) electrons. The molecule has 0 saturated carbocycles. The molecule has 2 atom stereocenters. The monoisotopic (exact) mass is 391 g/mol. The van der Waals surface area contributed by atoms with Crippen LogP contribution in [0, 0.1) is 12.7 Å². The maximum absolute atomic E-state index is 13.7. The molecular weight excluding hydrogens is 369 g/mol. The van der Waals surface area contributed by atoms with Crippen molar-refractivity contribution in [3.8, 4) is 0 Å². The van der Waals surface area contributed by atoms with Gasteiger partial charge in [0.2, 0.25) is 15.9 Å². The summed E-state index contributed by atoms with van der Waals surface area (Å²) in [5.41, 5.74) is 1.99. The normalized spacial score (nSPS) is 19.6. The SMILES string of the molecule is Cc1ccccc1CNC(=O)C1CC(S(=O)(=O)Nc2ccccc2F)CN1. The number of carbonyl (C=O) groups excluding carboxylic acids is 1. The van der Waals surface area contributed by atoms with Gasteiger partial charge in [0.25, 0.3) is 0 Å². The van der Waals surface area contributed by atoms with E-state index in [1.165, 1.54) is 18.2 Å². The van der Waals surface area contributed by atoms with Crippen LogP contribution in [0.25, 0.3) is 0 Å². The fraction of sp³-hybridized carbons (Fsp3) is 0.316. The molecule has 27 heavy (non-hydrogen) atoms. The molecule has 3 N–H and O–H groups in total. The third-order valence-corrected chi connectivity index (χ3v) is 6.43. The van der Waals surface area contributed by atoms with Crippen LogP contribution in [0.1, 0.15) is 17.5 Å². The molecule has 2 unspecified atom stereocenters. The quantitative estimate of drug-likeness (QED) is 0.702. The standard InChI is InChI=1S/C19H22FN3O3S/c1-13-6-2-3-7-14(13)11-22-19(24)18-10-15(12-21-18)27(25,26)23-17-9-5-4-8-16(17)20/h2-9,15,18,21,23H,10-12H2,1H3,(H,22,24). The minimum Gasteiger partial charge on any atom is -0.351 e. The maximum Gasteiger partial charge on any atom is 0.237 e. The van der Waals surface area contributed by atoms with Crippen LogP contribution in [0.15, 0.2) is 48.5 Å². The summed E-state index contributed by atoms with van der Waals surface area (Å²) >= 11 is 0. The van der Waals surface area contributed by atoms with Crippen LogP contribution in [0.3, 0.4) is 0 Å².